The Morgan fingerprint density at radius 3 is 1.28 bits per heavy atom. The quantitative estimate of drug-likeness (QED) is 0.261. The van der Waals surface area contributed by atoms with Gasteiger partial charge in [0.05, 0.1) is 0 Å². The molecule has 10 rings (SSSR count). The number of aryl methyl sites for hydroxylation is 2. The van der Waals surface area contributed by atoms with Crippen LogP contribution in [0.5, 0.6) is 23.0 Å². The van der Waals surface area contributed by atoms with E-state index in [1.54, 1.807) is 0 Å². The zero-order valence-corrected chi connectivity index (χ0v) is 25.0. The van der Waals surface area contributed by atoms with Crippen LogP contribution in [0.3, 0.4) is 0 Å². The lowest BCUT2D eigenvalue weighted by molar-refractivity contribution is 0.484. The van der Waals surface area contributed by atoms with Crippen molar-refractivity contribution in [3.05, 3.63) is 132 Å². The summed E-state index contributed by atoms with van der Waals surface area (Å²) >= 11 is 0. The van der Waals surface area contributed by atoms with Crippen LogP contribution in [0.15, 0.2) is 121 Å². The lowest BCUT2D eigenvalue weighted by atomic mass is 9.35. The highest BCUT2D eigenvalue weighted by Crippen LogP contribution is 2.32. The molecule has 0 N–H and O–H groups in total. The summed E-state index contributed by atoms with van der Waals surface area (Å²) in [4.78, 5) is 0. The highest BCUT2D eigenvalue weighted by atomic mass is 28.3. The molecule has 0 aromatic heterocycles. The molecule has 5 heteroatoms. The number of fused-ring (bicyclic) bond motifs is 12. The highest BCUT2D eigenvalue weighted by molar-refractivity contribution is 7.31. The van der Waals surface area contributed by atoms with Crippen LogP contribution in [-0.2, 0) is 0 Å². The molecule has 4 aliphatic rings. The van der Waals surface area contributed by atoms with Gasteiger partial charge in [-0.3, -0.25) is 0 Å². The molecule has 0 saturated heterocycles. The van der Waals surface area contributed by atoms with Crippen molar-refractivity contribution in [1.29, 1.82) is 0 Å². The first-order chi connectivity index (χ1) is 21.2. The van der Waals surface area contributed by atoms with Gasteiger partial charge in [0.25, 0.3) is 13.4 Å². The summed E-state index contributed by atoms with van der Waals surface area (Å²) in [5.74, 6) is 4.00. The first kappa shape index (κ1) is 23.8. The zero-order valence-electron chi connectivity index (χ0n) is 24.0. The first-order valence-electron chi connectivity index (χ1n) is 15.2. The average Bonchev–Trinajstić information content (AvgIpc) is 3.05. The summed E-state index contributed by atoms with van der Waals surface area (Å²) < 4.78 is 13.6. The molecule has 0 unspecified atom stereocenters. The van der Waals surface area contributed by atoms with Gasteiger partial charge < -0.3 is 9.47 Å². The highest BCUT2D eigenvalue weighted by Gasteiger charge is 2.58. The molecule has 0 aliphatic carbocycles. The summed E-state index contributed by atoms with van der Waals surface area (Å²) in [5.41, 5.74) is 10.4. The molecule has 43 heavy (non-hydrogen) atoms. The second kappa shape index (κ2) is 8.21. The molecule has 0 atom stereocenters. The monoisotopic (exact) mass is 564 g/mol. The Labute approximate surface area is 253 Å². The van der Waals surface area contributed by atoms with Crippen LogP contribution < -0.4 is 63.0 Å². The van der Waals surface area contributed by atoms with Crippen LogP contribution in [0.2, 0.25) is 0 Å². The van der Waals surface area contributed by atoms with Crippen LogP contribution in [0.25, 0.3) is 0 Å². The van der Waals surface area contributed by atoms with Crippen molar-refractivity contribution in [3.8, 4) is 23.0 Å². The SMILES string of the molecule is Cc1ccc2c3c1Oc1ccccc1B3c1ccccc1[Si]21c2ccccc2B2c3ccccc3Oc3c(C)ccc1c32. The third kappa shape index (κ3) is 2.77. The molecule has 0 saturated carbocycles. The van der Waals surface area contributed by atoms with Gasteiger partial charge in [0, 0.05) is 0 Å². The summed E-state index contributed by atoms with van der Waals surface area (Å²) in [7, 11) is -2.81. The minimum atomic E-state index is -2.81. The molecule has 0 amide bonds. The lowest BCUT2D eigenvalue weighted by Crippen LogP contribution is -2.93. The maximum Gasteiger partial charge on any atom is 0.250 e. The van der Waals surface area contributed by atoms with Crippen LogP contribution in [0.4, 0.5) is 0 Å². The Balaban J connectivity index is 1.41. The van der Waals surface area contributed by atoms with Crippen LogP contribution in [-0.4, -0.2) is 21.5 Å². The number of benzene rings is 6. The van der Waals surface area contributed by atoms with Crippen LogP contribution in [0.1, 0.15) is 11.1 Å². The molecular weight excluding hydrogens is 538 g/mol. The molecule has 0 fully saturated rings. The molecule has 200 valence electrons. The predicted octanol–water partition coefficient (Wildman–Crippen LogP) is 1.55. The molecular formula is C38H26B2O2Si. The average molecular weight is 564 g/mol. The minimum absolute atomic E-state index is 0.132. The minimum Gasteiger partial charge on any atom is -0.458 e. The van der Waals surface area contributed by atoms with Gasteiger partial charge >= 0.3 is 0 Å². The number of para-hydroxylation sites is 2. The van der Waals surface area contributed by atoms with Crippen molar-refractivity contribution in [2.45, 2.75) is 13.8 Å². The van der Waals surface area contributed by atoms with Gasteiger partial charge in [0.2, 0.25) is 0 Å². The predicted molar refractivity (Wildman–Crippen MR) is 182 cm³/mol. The molecule has 0 bridgehead atoms. The molecule has 0 radical (unpaired) electrons. The fraction of sp³-hybridized carbons (Fsp3) is 0.0526. The van der Waals surface area contributed by atoms with Gasteiger partial charge in [0.15, 0.2) is 8.07 Å². The zero-order chi connectivity index (χ0) is 28.4. The van der Waals surface area contributed by atoms with Gasteiger partial charge in [-0.05, 0) is 79.7 Å². The van der Waals surface area contributed by atoms with E-state index in [1.807, 2.05) is 0 Å². The maximum absolute atomic E-state index is 6.82. The van der Waals surface area contributed by atoms with Crippen LogP contribution >= 0.6 is 0 Å². The van der Waals surface area contributed by atoms with E-state index in [-0.39, 0.29) is 13.4 Å². The summed E-state index contributed by atoms with van der Waals surface area (Å²) in [6, 6.07) is 45.3. The summed E-state index contributed by atoms with van der Waals surface area (Å²) in [6.07, 6.45) is 0. The van der Waals surface area contributed by atoms with E-state index in [0.717, 1.165) is 23.0 Å². The fourth-order valence-corrected chi connectivity index (χ4v) is 14.5. The second-order valence-corrected chi connectivity index (χ2v) is 16.1. The van der Waals surface area contributed by atoms with E-state index < -0.39 is 8.07 Å². The smallest absolute Gasteiger partial charge is 0.250 e. The molecule has 4 aliphatic heterocycles. The molecule has 1 spiro atoms. The Hall–Kier alpha value is -4.73. The largest absolute Gasteiger partial charge is 0.458 e. The van der Waals surface area contributed by atoms with Gasteiger partial charge in [-0.15, -0.1) is 0 Å². The van der Waals surface area contributed by atoms with E-state index in [1.165, 1.54) is 64.7 Å². The molecule has 4 heterocycles. The van der Waals surface area contributed by atoms with E-state index in [0.29, 0.717) is 0 Å². The van der Waals surface area contributed by atoms with E-state index >= 15 is 0 Å². The maximum atomic E-state index is 6.82. The Kier molecular flexibility index (Phi) is 4.54. The van der Waals surface area contributed by atoms with E-state index in [2.05, 4.69) is 135 Å². The Morgan fingerprint density at radius 1 is 0.419 bits per heavy atom. The van der Waals surface area contributed by atoms with Crippen molar-refractivity contribution in [2.75, 3.05) is 0 Å². The Morgan fingerprint density at radius 2 is 0.814 bits per heavy atom. The van der Waals surface area contributed by atoms with Gasteiger partial charge in [0.1, 0.15) is 23.0 Å². The number of rotatable bonds is 0. The third-order valence-electron chi connectivity index (χ3n) is 10.4. The molecule has 6 aromatic rings. The van der Waals surface area contributed by atoms with Crippen LogP contribution in [0, 0.1) is 13.8 Å². The Bertz CT molecular complexity index is 2050. The van der Waals surface area contributed by atoms with Gasteiger partial charge in [-0.25, -0.2) is 0 Å². The van der Waals surface area contributed by atoms with Gasteiger partial charge in [-0.1, -0.05) is 120 Å². The molecule has 2 nitrogen and oxygen atoms in total. The normalized spacial score (nSPS) is 15.2. The number of hydrogen-bond acceptors (Lipinski definition) is 2. The topological polar surface area (TPSA) is 18.5 Å². The van der Waals surface area contributed by atoms with Crippen molar-refractivity contribution < 1.29 is 9.47 Å². The third-order valence-corrected chi connectivity index (χ3v) is 15.4. The van der Waals surface area contributed by atoms with Gasteiger partial charge in [-0.2, -0.15) is 0 Å². The van der Waals surface area contributed by atoms with Crippen molar-refractivity contribution in [2.24, 2.45) is 0 Å². The lowest BCUT2D eigenvalue weighted by Gasteiger charge is -2.50. The number of hydrogen-bond donors (Lipinski definition) is 0. The standard InChI is InChI=1S/C38H26B2O2Si/c1-23-19-21-33-35-37(23)41-29-15-7-3-11-25(29)39(35)27-13-5-9-17-31(27)43(33)32-18-10-6-14-28(32)40-26-12-4-8-16-30(26)42-38-24(2)20-22-34(43)36(38)40/h3-22H,1-2H3. The van der Waals surface area contributed by atoms with E-state index in [9.17, 15) is 0 Å². The van der Waals surface area contributed by atoms with Crippen molar-refractivity contribution >= 4 is 75.0 Å². The van der Waals surface area contributed by atoms with Crippen molar-refractivity contribution in [3.63, 3.8) is 0 Å². The van der Waals surface area contributed by atoms with Crippen molar-refractivity contribution in [1.82, 2.24) is 0 Å². The summed E-state index contributed by atoms with van der Waals surface area (Å²) in [5, 5.41) is 5.86. The second-order valence-electron chi connectivity index (χ2n) is 12.4. The first-order valence-corrected chi connectivity index (χ1v) is 17.2. The number of ether oxygens (including phenoxy) is 2. The molecule has 6 aromatic carbocycles. The fourth-order valence-electron chi connectivity index (χ4n) is 8.77. The van der Waals surface area contributed by atoms with E-state index in [4.69, 9.17) is 9.47 Å². The summed E-state index contributed by atoms with van der Waals surface area (Å²) in [6.45, 7) is 4.65.